The molecular weight excluding hydrogens is 296 g/mol. The van der Waals surface area contributed by atoms with Gasteiger partial charge in [0.2, 0.25) is 0 Å². The third-order valence-corrected chi connectivity index (χ3v) is 2.79. The van der Waals surface area contributed by atoms with Crippen molar-refractivity contribution in [3.8, 4) is 0 Å². The molecule has 0 bridgehead atoms. The lowest BCUT2D eigenvalue weighted by Crippen LogP contribution is -2.05. The van der Waals surface area contributed by atoms with Gasteiger partial charge in [0, 0.05) is 17.3 Å². The van der Waals surface area contributed by atoms with Crippen molar-refractivity contribution in [2.24, 2.45) is 0 Å². The number of alkyl halides is 1. The van der Waals surface area contributed by atoms with Gasteiger partial charge >= 0.3 is 5.97 Å². The summed E-state index contributed by atoms with van der Waals surface area (Å²) in [6.07, 6.45) is 4.26. The zero-order chi connectivity index (χ0) is 13.4. The van der Waals surface area contributed by atoms with Gasteiger partial charge in [-0.3, -0.25) is 9.59 Å². The average molecular weight is 311 g/mol. The predicted octanol–water partition coefficient (Wildman–Crippen LogP) is 3.23. The van der Waals surface area contributed by atoms with E-state index in [1.165, 1.54) is 7.11 Å². The fourth-order valence-corrected chi connectivity index (χ4v) is 1.61. The van der Waals surface area contributed by atoms with Gasteiger partial charge in [0.1, 0.15) is 0 Å². The third-order valence-electron chi connectivity index (χ3n) is 2.42. The van der Waals surface area contributed by atoms with Gasteiger partial charge in [-0.15, -0.1) is 0 Å². The van der Waals surface area contributed by atoms with Crippen LogP contribution in [0.1, 0.15) is 28.8 Å². The molecule has 4 heteroatoms. The Hall–Kier alpha value is -1.42. The van der Waals surface area contributed by atoms with Crippen molar-refractivity contribution in [1.29, 1.82) is 0 Å². The number of ketones is 1. The average Bonchev–Trinajstić information content (AvgIpc) is 2.42. The predicted molar refractivity (Wildman–Crippen MR) is 74.9 cm³/mol. The summed E-state index contributed by atoms with van der Waals surface area (Å²) < 4.78 is 4.50. The van der Waals surface area contributed by atoms with Crippen molar-refractivity contribution in [2.45, 2.75) is 12.8 Å². The molecule has 0 heterocycles. The molecule has 0 radical (unpaired) electrons. The number of carbonyl (C=O) groups is 2. The molecule has 1 aromatic rings. The largest absolute Gasteiger partial charge is 0.469 e. The van der Waals surface area contributed by atoms with Crippen LogP contribution in [0.5, 0.6) is 0 Å². The highest BCUT2D eigenvalue weighted by molar-refractivity contribution is 9.09. The number of esters is 1. The number of hydrogen-bond donors (Lipinski definition) is 0. The zero-order valence-electron chi connectivity index (χ0n) is 10.2. The third kappa shape index (κ3) is 4.84. The SMILES string of the molecule is COC(=O)CCC(=O)c1ccc(C=CCBr)cc1. The van der Waals surface area contributed by atoms with Gasteiger partial charge in [-0.1, -0.05) is 52.3 Å². The van der Waals surface area contributed by atoms with Crippen LogP contribution in [-0.2, 0) is 9.53 Å². The van der Waals surface area contributed by atoms with Crippen molar-refractivity contribution in [2.75, 3.05) is 12.4 Å². The fraction of sp³-hybridized carbons (Fsp3) is 0.286. The van der Waals surface area contributed by atoms with Crippen LogP contribution < -0.4 is 0 Å². The van der Waals surface area contributed by atoms with Gasteiger partial charge in [-0.25, -0.2) is 0 Å². The minimum Gasteiger partial charge on any atom is -0.469 e. The van der Waals surface area contributed by atoms with E-state index < -0.39 is 0 Å². The number of allylic oxidation sites excluding steroid dienone is 1. The van der Waals surface area contributed by atoms with Crippen molar-refractivity contribution in [3.05, 3.63) is 41.5 Å². The van der Waals surface area contributed by atoms with Gasteiger partial charge in [-0.05, 0) is 5.56 Å². The van der Waals surface area contributed by atoms with Crippen LogP contribution >= 0.6 is 15.9 Å². The number of benzene rings is 1. The molecular formula is C14H15BrO3. The molecule has 0 aromatic heterocycles. The molecule has 0 spiro atoms. The molecule has 18 heavy (non-hydrogen) atoms. The first-order valence-corrected chi connectivity index (χ1v) is 6.72. The first-order valence-electron chi connectivity index (χ1n) is 5.60. The van der Waals surface area contributed by atoms with Gasteiger partial charge in [0.15, 0.2) is 5.78 Å². The maximum Gasteiger partial charge on any atom is 0.305 e. The number of carbonyl (C=O) groups excluding carboxylic acids is 2. The van der Waals surface area contributed by atoms with E-state index in [2.05, 4.69) is 20.7 Å². The highest BCUT2D eigenvalue weighted by atomic mass is 79.9. The van der Waals surface area contributed by atoms with Crippen LogP contribution in [0.2, 0.25) is 0 Å². The summed E-state index contributed by atoms with van der Waals surface area (Å²) >= 11 is 3.30. The Morgan fingerprint density at radius 3 is 2.44 bits per heavy atom. The summed E-state index contributed by atoms with van der Waals surface area (Å²) in [4.78, 5) is 22.7. The highest BCUT2D eigenvalue weighted by Crippen LogP contribution is 2.10. The Labute approximate surface area is 115 Å². The Morgan fingerprint density at radius 1 is 1.22 bits per heavy atom. The Balaban J connectivity index is 2.59. The van der Waals surface area contributed by atoms with E-state index in [-0.39, 0.29) is 24.6 Å². The molecule has 0 saturated carbocycles. The zero-order valence-corrected chi connectivity index (χ0v) is 11.8. The molecule has 1 rings (SSSR count). The monoisotopic (exact) mass is 310 g/mol. The number of halogens is 1. The lowest BCUT2D eigenvalue weighted by molar-refractivity contribution is -0.140. The summed E-state index contributed by atoms with van der Waals surface area (Å²) in [5.74, 6) is -0.406. The van der Waals surface area contributed by atoms with Crippen LogP contribution in [0.3, 0.4) is 0 Å². The molecule has 0 saturated heterocycles. The van der Waals surface area contributed by atoms with E-state index in [0.717, 1.165) is 10.9 Å². The summed E-state index contributed by atoms with van der Waals surface area (Å²) in [5.41, 5.74) is 1.66. The smallest absolute Gasteiger partial charge is 0.305 e. The van der Waals surface area contributed by atoms with Crippen LogP contribution in [-0.4, -0.2) is 24.2 Å². The van der Waals surface area contributed by atoms with Crippen molar-refractivity contribution in [1.82, 2.24) is 0 Å². The van der Waals surface area contributed by atoms with E-state index in [0.29, 0.717) is 5.56 Å². The van der Waals surface area contributed by atoms with Crippen LogP contribution in [0.25, 0.3) is 6.08 Å². The quantitative estimate of drug-likeness (QED) is 0.460. The summed E-state index contributed by atoms with van der Waals surface area (Å²) in [6.45, 7) is 0. The summed E-state index contributed by atoms with van der Waals surface area (Å²) in [6, 6.07) is 7.30. The Bertz CT molecular complexity index is 435. The molecule has 0 amide bonds. The molecule has 0 aliphatic rings. The van der Waals surface area contributed by atoms with E-state index >= 15 is 0 Å². The van der Waals surface area contributed by atoms with Crippen molar-refractivity contribution < 1.29 is 14.3 Å². The lowest BCUT2D eigenvalue weighted by Gasteiger charge is -2.01. The second kappa shape index (κ2) is 7.82. The maximum atomic E-state index is 11.8. The summed E-state index contributed by atoms with van der Waals surface area (Å²) in [5, 5.41) is 0.798. The first kappa shape index (κ1) is 14.6. The maximum absolute atomic E-state index is 11.8. The fourth-order valence-electron chi connectivity index (χ4n) is 1.42. The molecule has 96 valence electrons. The second-order valence-corrected chi connectivity index (χ2v) is 4.33. The number of Topliss-reactive ketones (excluding diaryl/α,β-unsaturated/α-hetero) is 1. The van der Waals surface area contributed by atoms with E-state index in [1.54, 1.807) is 12.1 Å². The molecule has 0 unspecified atom stereocenters. The molecule has 1 aromatic carbocycles. The summed E-state index contributed by atoms with van der Waals surface area (Å²) in [7, 11) is 1.32. The van der Waals surface area contributed by atoms with E-state index in [9.17, 15) is 9.59 Å². The molecule has 0 aliphatic carbocycles. The highest BCUT2D eigenvalue weighted by Gasteiger charge is 2.08. The molecule has 3 nitrogen and oxygen atoms in total. The van der Waals surface area contributed by atoms with Crippen LogP contribution in [0.15, 0.2) is 30.3 Å². The molecule has 0 atom stereocenters. The van der Waals surface area contributed by atoms with E-state index in [4.69, 9.17) is 0 Å². The standard InChI is InChI=1S/C14H15BrO3/c1-18-14(17)9-8-13(16)12-6-4-11(5-7-12)3-2-10-15/h2-7H,8-10H2,1H3. The number of hydrogen-bond acceptors (Lipinski definition) is 3. The van der Waals surface area contributed by atoms with Gasteiger partial charge in [0.25, 0.3) is 0 Å². The van der Waals surface area contributed by atoms with Gasteiger partial charge in [-0.2, -0.15) is 0 Å². The first-order chi connectivity index (χ1) is 8.67. The van der Waals surface area contributed by atoms with Gasteiger partial charge in [0.05, 0.1) is 13.5 Å². The number of methoxy groups -OCH3 is 1. The van der Waals surface area contributed by atoms with Crippen molar-refractivity contribution >= 4 is 33.8 Å². The Kier molecular flexibility index (Phi) is 6.36. The normalized spacial score (nSPS) is 10.6. The van der Waals surface area contributed by atoms with Crippen molar-refractivity contribution in [3.63, 3.8) is 0 Å². The Morgan fingerprint density at radius 2 is 1.89 bits per heavy atom. The topological polar surface area (TPSA) is 43.4 Å². The van der Waals surface area contributed by atoms with Crippen LogP contribution in [0, 0.1) is 0 Å². The number of rotatable bonds is 6. The molecule has 0 N–H and O–H groups in total. The minimum atomic E-state index is -0.361. The molecule has 0 fully saturated rings. The van der Waals surface area contributed by atoms with Gasteiger partial charge < -0.3 is 4.74 Å². The molecule has 0 aliphatic heterocycles. The second-order valence-electron chi connectivity index (χ2n) is 3.68. The minimum absolute atomic E-state index is 0.0450. The van der Waals surface area contributed by atoms with Crippen LogP contribution in [0.4, 0.5) is 0 Å². The lowest BCUT2D eigenvalue weighted by atomic mass is 10.0. The number of ether oxygens (including phenoxy) is 1. The van der Waals surface area contributed by atoms with E-state index in [1.807, 2.05) is 24.3 Å².